The fourth-order valence-electron chi connectivity index (χ4n) is 4.19. The largest absolute Gasteiger partial charge is 0.358 e. The van der Waals surface area contributed by atoms with Crippen LogP contribution in [0.25, 0.3) is 17.0 Å². The summed E-state index contributed by atoms with van der Waals surface area (Å²) in [7, 11) is 0. The highest BCUT2D eigenvalue weighted by molar-refractivity contribution is 5.90. The number of amides is 1. The van der Waals surface area contributed by atoms with Crippen LogP contribution in [0.3, 0.4) is 0 Å². The number of aromatic amines is 1. The number of nitrogens with one attached hydrogen (secondary N) is 3. The first-order valence-corrected chi connectivity index (χ1v) is 9.70. The van der Waals surface area contributed by atoms with Crippen LogP contribution in [0.1, 0.15) is 40.4 Å². The lowest BCUT2D eigenvalue weighted by Gasteiger charge is -2.14. The summed E-state index contributed by atoms with van der Waals surface area (Å²) in [6.07, 6.45) is 6.17. The van der Waals surface area contributed by atoms with Gasteiger partial charge in [0.05, 0.1) is 0 Å². The van der Waals surface area contributed by atoms with Gasteiger partial charge >= 0.3 is 0 Å². The second-order valence-corrected chi connectivity index (χ2v) is 7.34. The SMILES string of the molecule is Cc1[nH]c2ccccc2c1CCNC1CCc2cc(/C=C/C(=O)NO)ccc21. The molecule has 5 nitrogen and oxygen atoms in total. The molecule has 4 N–H and O–H groups in total. The van der Waals surface area contributed by atoms with Crippen LogP contribution >= 0.6 is 0 Å². The van der Waals surface area contributed by atoms with E-state index in [9.17, 15) is 4.79 Å². The number of fused-ring (bicyclic) bond motifs is 2. The van der Waals surface area contributed by atoms with Gasteiger partial charge in [-0.3, -0.25) is 10.0 Å². The number of carbonyl (C=O) groups excluding carboxylic acids is 1. The molecule has 0 saturated heterocycles. The monoisotopic (exact) mass is 375 g/mol. The lowest BCUT2D eigenvalue weighted by Crippen LogP contribution is -2.22. The Balaban J connectivity index is 1.40. The van der Waals surface area contributed by atoms with Crippen LogP contribution in [0.15, 0.2) is 48.5 Å². The van der Waals surface area contributed by atoms with Gasteiger partial charge in [-0.15, -0.1) is 0 Å². The highest BCUT2D eigenvalue weighted by atomic mass is 16.5. The number of para-hydroxylation sites is 1. The van der Waals surface area contributed by atoms with Crippen LogP contribution in [0, 0.1) is 6.92 Å². The normalized spacial score (nSPS) is 16.0. The zero-order valence-corrected chi connectivity index (χ0v) is 16.0. The Morgan fingerprint density at radius 3 is 3.00 bits per heavy atom. The molecule has 1 atom stereocenters. The van der Waals surface area contributed by atoms with Crippen molar-refractivity contribution in [1.29, 1.82) is 0 Å². The van der Waals surface area contributed by atoms with Crippen molar-refractivity contribution in [3.05, 3.63) is 76.5 Å². The molecule has 0 spiro atoms. The highest BCUT2D eigenvalue weighted by Gasteiger charge is 2.22. The van der Waals surface area contributed by atoms with E-state index >= 15 is 0 Å². The summed E-state index contributed by atoms with van der Waals surface area (Å²) >= 11 is 0. The molecule has 0 bridgehead atoms. The lowest BCUT2D eigenvalue weighted by atomic mass is 10.0. The molecule has 4 rings (SSSR count). The summed E-state index contributed by atoms with van der Waals surface area (Å²) in [5.74, 6) is -0.521. The predicted octanol–water partition coefficient (Wildman–Crippen LogP) is 3.81. The average Bonchev–Trinajstić information content (AvgIpc) is 3.26. The fourth-order valence-corrected chi connectivity index (χ4v) is 4.19. The third kappa shape index (κ3) is 3.72. The summed E-state index contributed by atoms with van der Waals surface area (Å²) in [6, 6.07) is 15.1. The van der Waals surface area contributed by atoms with Crippen molar-refractivity contribution < 1.29 is 10.0 Å². The second kappa shape index (κ2) is 8.00. The summed E-state index contributed by atoms with van der Waals surface area (Å²) < 4.78 is 0. The van der Waals surface area contributed by atoms with Crippen molar-refractivity contribution >= 4 is 22.9 Å². The molecule has 28 heavy (non-hydrogen) atoms. The number of aryl methyl sites for hydroxylation is 2. The van der Waals surface area contributed by atoms with E-state index in [-0.39, 0.29) is 0 Å². The standard InChI is InChI=1S/C23H25N3O2/c1-15-18(20-4-2-3-5-22(20)25-15)12-13-24-21-10-8-17-14-16(6-9-19(17)21)7-11-23(27)26-28/h2-7,9,11,14,21,24-25,28H,8,10,12-13H2,1H3,(H,26,27)/b11-7+. The molecule has 1 heterocycles. The molecule has 0 fully saturated rings. The summed E-state index contributed by atoms with van der Waals surface area (Å²) in [5, 5.41) is 13.6. The molecular formula is C23H25N3O2. The van der Waals surface area contributed by atoms with Crippen molar-refractivity contribution in [1.82, 2.24) is 15.8 Å². The Kier molecular flexibility index (Phi) is 5.28. The van der Waals surface area contributed by atoms with Crippen LogP contribution < -0.4 is 10.8 Å². The number of carbonyl (C=O) groups is 1. The number of rotatable bonds is 6. The van der Waals surface area contributed by atoms with Gasteiger partial charge in [-0.05, 0) is 67.1 Å². The molecule has 0 saturated carbocycles. The maximum atomic E-state index is 11.1. The molecule has 0 aliphatic heterocycles. The van der Waals surface area contributed by atoms with Gasteiger partial charge in [0.2, 0.25) is 0 Å². The molecule has 3 aromatic rings. The number of H-pyrrole nitrogens is 1. The molecule has 1 amide bonds. The van der Waals surface area contributed by atoms with Crippen molar-refractivity contribution in [3.63, 3.8) is 0 Å². The van der Waals surface area contributed by atoms with E-state index in [1.807, 2.05) is 6.07 Å². The van der Waals surface area contributed by atoms with E-state index < -0.39 is 5.91 Å². The molecule has 144 valence electrons. The molecule has 1 aliphatic rings. The summed E-state index contributed by atoms with van der Waals surface area (Å²) in [5.41, 5.74) is 9.10. The van der Waals surface area contributed by atoms with E-state index in [1.165, 1.54) is 39.4 Å². The van der Waals surface area contributed by atoms with Gasteiger partial charge in [-0.25, -0.2) is 5.48 Å². The van der Waals surface area contributed by atoms with Gasteiger partial charge in [-0.2, -0.15) is 0 Å². The van der Waals surface area contributed by atoms with Gasteiger partial charge < -0.3 is 10.3 Å². The van der Waals surface area contributed by atoms with Crippen molar-refractivity contribution in [2.24, 2.45) is 0 Å². The minimum Gasteiger partial charge on any atom is -0.358 e. The molecule has 1 aromatic heterocycles. The minimum atomic E-state index is -0.521. The lowest BCUT2D eigenvalue weighted by molar-refractivity contribution is -0.124. The molecule has 0 radical (unpaired) electrons. The second-order valence-electron chi connectivity index (χ2n) is 7.34. The van der Waals surface area contributed by atoms with Crippen LogP contribution in [-0.4, -0.2) is 22.6 Å². The Labute approximate surface area is 164 Å². The maximum absolute atomic E-state index is 11.1. The van der Waals surface area contributed by atoms with E-state index in [0.717, 1.165) is 31.4 Å². The van der Waals surface area contributed by atoms with E-state index in [4.69, 9.17) is 5.21 Å². The Morgan fingerprint density at radius 1 is 1.29 bits per heavy atom. The smallest absolute Gasteiger partial charge is 0.267 e. The predicted molar refractivity (Wildman–Crippen MR) is 111 cm³/mol. The van der Waals surface area contributed by atoms with Crippen LogP contribution in [0.4, 0.5) is 0 Å². The van der Waals surface area contributed by atoms with Crippen molar-refractivity contribution in [3.8, 4) is 0 Å². The number of aromatic nitrogens is 1. The maximum Gasteiger partial charge on any atom is 0.267 e. The number of hydrogen-bond acceptors (Lipinski definition) is 3. The molecule has 1 aliphatic carbocycles. The Bertz CT molecular complexity index is 1040. The van der Waals surface area contributed by atoms with Gasteiger partial charge in [0.25, 0.3) is 5.91 Å². The van der Waals surface area contributed by atoms with Crippen molar-refractivity contribution in [2.45, 2.75) is 32.2 Å². The molecular weight excluding hydrogens is 350 g/mol. The number of hydrogen-bond donors (Lipinski definition) is 4. The topological polar surface area (TPSA) is 77.2 Å². The highest BCUT2D eigenvalue weighted by Crippen LogP contribution is 2.32. The Hall–Kier alpha value is -2.89. The average molecular weight is 375 g/mol. The molecule has 1 unspecified atom stereocenters. The van der Waals surface area contributed by atoms with Gasteiger partial charge in [0, 0.05) is 28.7 Å². The van der Waals surface area contributed by atoms with Crippen molar-refractivity contribution in [2.75, 3.05) is 6.54 Å². The summed E-state index contributed by atoms with van der Waals surface area (Å²) in [6.45, 7) is 3.08. The van der Waals surface area contributed by atoms with E-state index in [0.29, 0.717) is 6.04 Å². The third-order valence-corrected chi connectivity index (χ3v) is 5.57. The zero-order valence-electron chi connectivity index (χ0n) is 16.0. The van der Waals surface area contributed by atoms with Gasteiger partial charge in [-0.1, -0.05) is 36.4 Å². The molecule has 5 heteroatoms. The van der Waals surface area contributed by atoms with Crippen LogP contribution in [0.2, 0.25) is 0 Å². The first kappa shape index (κ1) is 18.5. The number of hydroxylamine groups is 1. The zero-order chi connectivity index (χ0) is 19.5. The van der Waals surface area contributed by atoms with E-state index in [2.05, 4.69) is 53.6 Å². The first-order chi connectivity index (χ1) is 13.7. The van der Waals surface area contributed by atoms with Crippen LogP contribution in [0.5, 0.6) is 0 Å². The summed E-state index contributed by atoms with van der Waals surface area (Å²) in [4.78, 5) is 14.6. The third-order valence-electron chi connectivity index (χ3n) is 5.57. The molecule has 2 aromatic carbocycles. The fraction of sp³-hybridized carbons (Fsp3) is 0.261. The van der Waals surface area contributed by atoms with E-state index in [1.54, 1.807) is 11.6 Å². The van der Waals surface area contributed by atoms with Crippen LogP contribution in [-0.2, 0) is 17.6 Å². The minimum absolute atomic E-state index is 0.374. The quantitative estimate of drug-likeness (QED) is 0.301. The number of benzene rings is 2. The first-order valence-electron chi connectivity index (χ1n) is 9.70. The van der Waals surface area contributed by atoms with Gasteiger partial charge in [0.1, 0.15) is 0 Å². The Morgan fingerprint density at radius 2 is 2.14 bits per heavy atom. The van der Waals surface area contributed by atoms with Gasteiger partial charge in [0.15, 0.2) is 0 Å².